The maximum Gasteiger partial charge on any atom is 0.408 e. The fraction of sp³-hybridized carbons (Fsp3) is 0.300. The van der Waals surface area contributed by atoms with Crippen LogP contribution in [0.2, 0.25) is 0 Å². The molecule has 0 radical (unpaired) electrons. The molecule has 0 bridgehead atoms. The minimum Gasteiger partial charge on any atom is -0.493 e. The quantitative estimate of drug-likeness (QED) is 0.425. The van der Waals surface area contributed by atoms with Gasteiger partial charge in [0, 0.05) is 13.1 Å². The lowest BCUT2D eigenvalue weighted by atomic mass is 9.94. The Hall–Kier alpha value is -4.53. The van der Waals surface area contributed by atoms with Crippen LogP contribution in [0.1, 0.15) is 29.2 Å². The molecule has 0 unspecified atom stereocenters. The van der Waals surface area contributed by atoms with Gasteiger partial charge >= 0.3 is 6.09 Å². The van der Waals surface area contributed by atoms with Gasteiger partial charge in [-0.15, -0.1) is 0 Å². The third kappa shape index (κ3) is 5.38. The maximum atomic E-state index is 13.8. The van der Waals surface area contributed by atoms with Crippen molar-refractivity contribution >= 4 is 17.9 Å². The van der Waals surface area contributed by atoms with E-state index in [0.29, 0.717) is 36.6 Å². The molecular weight excluding hydrogens is 498 g/mol. The number of hydrogen-bond donors (Lipinski definition) is 1. The van der Waals surface area contributed by atoms with Crippen LogP contribution in [-0.4, -0.2) is 60.6 Å². The molecule has 1 N–H and O–H groups in total. The number of nitrogens with zero attached hydrogens (tertiary/aromatic N) is 2. The number of amides is 3. The topological polar surface area (TPSA) is 97.4 Å². The Balaban J connectivity index is 1.27. The summed E-state index contributed by atoms with van der Waals surface area (Å²) in [7, 11) is 3.15. The summed E-state index contributed by atoms with van der Waals surface area (Å²) in [6, 6.07) is 22.3. The number of likely N-dealkylation sites (tertiary alicyclic amines) is 2. The van der Waals surface area contributed by atoms with E-state index in [-0.39, 0.29) is 24.5 Å². The van der Waals surface area contributed by atoms with E-state index < -0.39 is 18.2 Å². The lowest BCUT2D eigenvalue weighted by Crippen LogP contribution is -2.67. The number of rotatable bonds is 9. The van der Waals surface area contributed by atoms with Gasteiger partial charge in [-0.05, 0) is 35.2 Å². The highest BCUT2D eigenvalue weighted by molar-refractivity contribution is 5.96. The number of ether oxygens (including phenoxy) is 3. The van der Waals surface area contributed by atoms with Crippen LogP contribution in [0.3, 0.4) is 0 Å². The lowest BCUT2D eigenvalue weighted by Gasteiger charge is -2.46. The first-order valence-electron chi connectivity index (χ1n) is 12.8. The highest BCUT2D eigenvalue weighted by atomic mass is 16.5. The Kier molecular flexibility index (Phi) is 7.67. The number of alkyl carbamates (subject to hydrolysis) is 1. The number of fused-ring (bicyclic) bond motifs is 1. The fourth-order valence-corrected chi connectivity index (χ4v) is 5.25. The van der Waals surface area contributed by atoms with Gasteiger partial charge in [0.05, 0.1) is 20.3 Å². The molecule has 2 saturated heterocycles. The van der Waals surface area contributed by atoms with Crippen molar-refractivity contribution in [2.75, 3.05) is 20.8 Å². The minimum atomic E-state index is -0.971. The van der Waals surface area contributed by atoms with E-state index in [0.717, 1.165) is 11.1 Å². The molecule has 3 amide bonds. The Morgan fingerprint density at radius 1 is 0.923 bits per heavy atom. The molecule has 3 aromatic rings. The third-order valence-electron chi connectivity index (χ3n) is 7.24. The van der Waals surface area contributed by atoms with Crippen LogP contribution in [0.4, 0.5) is 4.79 Å². The van der Waals surface area contributed by atoms with E-state index in [1.165, 1.54) is 0 Å². The second-order valence-electron chi connectivity index (χ2n) is 9.54. The van der Waals surface area contributed by atoms with Crippen LogP contribution in [0, 0.1) is 0 Å². The first kappa shape index (κ1) is 26.1. The highest BCUT2D eigenvalue weighted by Gasteiger charge is 2.56. The summed E-state index contributed by atoms with van der Waals surface area (Å²) in [5.41, 5.74) is 2.37. The molecule has 9 heteroatoms. The minimum absolute atomic E-state index is 0.0837. The summed E-state index contributed by atoms with van der Waals surface area (Å²) in [5.74, 6) is 0.774. The summed E-state index contributed by atoms with van der Waals surface area (Å²) in [6.45, 7) is 0.918. The number of nitrogens with one attached hydrogen (secondary N) is 1. The maximum absolute atomic E-state index is 13.8. The molecule has 2 aliphatic rings. The molecule has 2 aliphatic heterocycles. The van der Waals surface area contributed by atoms with Crippen molar-refractivity contribution in [1.29, 1.82) is 0 Å². The van der Waals surface area contributed by atoms with E-state index in [2.05, 4.69) is 5.32 Å². The first-order valence-corrected chi connectivity index (χ1v) is 12.8. The highest BCUT2D eigenvalue weighted by Crippen LogP contribution is 2.37. The lowest BCUT2D eigenvalue weighted by molar-refractivity contribution is -0.160. The zero-order valence-electron chi connectivity index (χ0n) is 21.9. The van der Waals surface area contributed by atoms with Crippen molar-refractivity contribution in [3.05, 3.63) is 95.6 Å². The van der Waals surface area contributed by atoms with Crippen molar-refractivity contribution in [2.45, 2.75) is 37.7 Å². The van der Waals surface area contributed by atoms with Crippen LogP contribution < -0.4 is 14.8 Å². The summed E-state index contributed by atoms with van der Waals surface area (Å²) in [6.07, 6.45) is -0.0399. The molecule has 3 aromatic carbocycles. The molecule has 2 fully saturated rings. The molecule has 2 heterocycles. The summed E-state index contributed by atoms with van der Waals surface area (Å²) in [4.78, 5) is 43.1. The Labute approximate surface area is 227 Å². The summed E-state index contributed by atoms with van der Waals surface area (Å²) in [5, 5.41) is 2.73. The molecule has 3 atom stereocenters. The number of hydrogen-bond acceptors (Lipinski definition) is 6. The van der Waals surface area contributed by atoms with Crippen molar-refractivity contribution in [3.63, 3.8) is 0 Å². The van der Waals surface area contributed by atoms with Crippen molar-refractivity contribution in [2.24, 2.45) is 0 Å². The van der Waals surface area contributed by atoms with Crippen molar-refractivity contribution in [1.82, 2.24) is 15.1 Å². The van der Waals surface area contributed by atoms with Gasteiger partial charge in [-0.25, -0.2) is 4.79 Å². The van der Waals surface area contributed by atoms with Crippen LogP contribution in [0.25, 0.3) is 0 Å². The molecule has 202 valence electrons. The summed E-state index contributed by atoms with van der Waals surface area (Å²) < 4.78 is 16.1. The largest absolute Gasteiger partial charge is 0.493 e. The van der Waals surface area contributed by atoms with Crippen LogP contribution >= 0.6 is 0 Å². The van der Waals surface area contributed by atoms with E-state index in [9.17, 15) is 14.4 Å². The first-order chi connectivity index (χ1) is 19.0. The SMILES string of the molecule is COc1ccc(CN2C(=O)[C@@H]3[C@H]2CCN3C(=O)[C@H](NC(=O)OCc2ccccc2)c2ccccc2)cc1OC. The van der Waals surface area contributed by atoms with E-state index >= 15 is 0 Å². The van der Waals surface area contributed by atoms with Gasteiger partial charge in [-0.2, -0.15) is 0 Å². The molecule has 0 saturated carbocycles. The van der Waals surface area contributed by atoms with Gasteiger partial charge in [-0.1, -0.05) is 66.7 Å². The van der Waals surface area contributed by atoms with E-state index in [1.807, 2.05) is 54.6 Å². The number of β-lactam (4-membered cyclic amide) rings is 1. The molecular formula is C30H31N3O6. The van der Waals surface area contributed by atoms with E-state index in [1.54, 1.807) is 48.3 Å². The number of methoxy groups -OCH3 is 2. The van der Waals surface area contributed by atoms with Gasteiger partial charge in [0.15, 0.2) is 11.5 Å². The van der Waals surface area contributed by atoms with Gasteiger partial charge in [-0.3, -0.25) is 9.59 Å². The Bertz CT molecular complexity index is 1330. The fourth-order valence-electron chi connectivity index (χ4n) is 5.25. The average molecular weight is 530 g/mol. The predicted molar refractivity (Wildman–Crippen MR) is 143 cm³/mol. The number of carbonyl (C=O) groups is 3. The standard InChI is InChI=1S/C30H31N3O6/c1-37-24-14-13-21(17-25(24)38-2)18-33-23-15-16-32(27(23)29(33)35)28(34)26(22-11-7-4-8-12-22)31-30(36)39-19-20-9-5-3-6-10-20/h3-14,17,23,26-27H,15-16,18-19H2,1-2H3,(H,31,36)/t23-,26-,27+/m1/s1. The Morgan fingerprint density at radius 3 is 2.31 bits per heavy atom. The monoisotopic (exact) mass is 529 g/mol. The van der Waals surface area contributed by atoms with Gasteiger partial charge in [0.1, 0.15) is 18.7 Å². The zero-order valence-corrected chi connectivity index (χ0v) is 21.9. The predicted octanol–water partition coefficient (Wildman–Crippen LogP) is 3.68. The number of benzene rings is 3. The molecule has 39 heavy (non-hydrogen) atoms. The number of carbonyl (C=O) groups excluding carboxylic acids is 3. The third-order valence-corrected chi connectivity index (χ3v) is 7.24. The van der Waals surface area contributed by atoms with Gasteiger partial charge in [0.2, 0.25) is 5.91 Å². The van der Waals surface area contributed by atoms with E-state index in [4.69, 9.17) is 14.2 Å². The molecule has 0 spiro atoms. The van der Waals surface area contributed by atoms with Crippen LogP contribution in [0.15, 0.2) is 78.9 Å². The second kappa shape index (κ2) is 11.5. The van der Waals surface area contributed by atoms with Crippen molar-refractivity contribution in [3.8, 4) is 11.5 Å². The second-order valence-corrected chi connectivity index (χ2v) is 9.54. The van der Waals surface area contributed by atoms with Gasteiger partial charge < -0.3 is 29.3 Å². The van der Waals surface area contributed by atoms with Gasteiger partial charge in [0.25, 0.3) is 5.91 Å². The van der Waals surface area contributed by atoms with Crippen LogP contribution in [-0.2, 0) is 27.5 Å². The molecule has 9 nitrogen and oxygen atoms in total. The average Bonchev–Trinajstić information content (AvgIpc) is 3.38. The molecule has 5 rings (SSSR count). The van der Waals surface area contributed by atoms with Crippen molar-refractivity contribution < 1.29 is 28.6 Å². The molecule has 0 aliphatic carbocycles. The Morgan fingerprint density at radius 2 is 1.62 bits per heavy atom. The molecule has 0 aromatic heterocycles. The normalized spacial score (nSPS) is 18.6. The van der Waals surface area contributed by atoms with Crippen LogP contribution in [0.5, 0.6) is 11.5 Å². The zero-order chi connectivity index (χ0) is 27.4. The smallest absolute Gasteiger partial charge is 0.408 e. The summed E-state index contributed by atoms with van der Waals surface area (Å²) >= 11 is 0.